The Morgan fingerprint density at radius 3 is 2.45 bits per heavy atom. The molecule has 0 bridgehead atoms. The van der Waals surface area contributed by atoms with Crippen LogP contribution in [-0.4, -0.2) is 9.67 Å². The predicted octanol–water partition coefficient (Wildman–Crippen LogP) is 2.57. The third kappa shape index (κ3) is 1.46. The van der Waals surface area contributed by atoms with Crippen molar-refractivity contribution in [1.82, 2.24) is 4.57 Å². The zero-order valence-corrected chi connectivity index (χ0v) is 8.26. The molecule has 2 nitrogen and oxygen atoms in total. The van der Waals surface area contributed by atoms with Crippen LogP contribution in [-0.2, 0) is 13.0 Å². The normalized spacial score (nSPS) is 10.4. The molecule has 0 aliphatic rings. The molecular weight excluding hydrogens is 178 g/mol. The molecule has 62 valence electrons. The highest BCUT2D eigenvalue weighted by atomic mass is 32.1. The summed E-state index contributed by atoms with van der Waals surface area (Å²) in [6, 6.07) is 0. The second-order valence-corrected chi connectivity index (χ2v) is 3.94. The van der Waals surface area contributed by atoms with E-state index in [9.17, 15) is 5.11 Å². The quantitative estimate of drug-likeness (QED) is 0.723. The van der Waals surface area contributed by atoms with Gasteiger partial charge in [0.25, 0.3) is 0 Å². The molecule has 0 radical (unpaired) electrons. The molecular formula is C7H11NOS2. The van der Waals surface area contributed by atoms with Gasteiger partial charge in [0.15, 0.2) is 3.95 Å². The van der Waals surface area contributed by atoms with E-state index in [4.69, 9.17) is 12.2 Å². The van der Waals surface area contributed by atoms with Crippen molar-refractivity contribution in [3.05, 3.63) is 8.83 Å². The zero-order chi connectivity index (χ0) is 8.43. The first-order chi connectivity index (χ1) is 5.20. The Kier molecular flexibility index (Phi) is 2.67. The van der Waals surface area contributed by atoms with E-state index in [0.29, 0.717) is 5.88 Å². The summed E-state index contributed by atoms with van der Waals surface area (Å²) in [5.74, 6) is 0.352. The monoisotopic (exact) mass is 189 g/mol. The minimum atomic E-state index is 0.352. The van der Waals surface area contributed by atoms with E-state index in [1.54, 1.807) is 4.57 Å². The molecule has 0 unspecified atom stereocenters. The smallest absolute Gasteiger partial charge is 0.206 e. The first kappa shape index (κ1) is 8.74. The lowest BCUT2D eigenvalue weighted by molar-refractivity contribution is 0.415. The van der Waals surface area contributed by atoms with Crippen LogP contribution in [0.4, 0.5) is 0 Å². The van der Waals surface area contributed by atoms with Gasteiger partial charge in [0.2, 0.25) is 5.88 Å². The number of hydrogen-bond donors (Lipinski definition) is 1. The fourth-order valence-electron chi connectivity index (χ4n) is 0.952. The van der Waals surface area contributed by atoms with Crippen LogP contribution in [0.25, 0.3) is 0 Å². The van der Waals surface area contributed by atoms with Crippen molar-refractivity contribution >= 4 is 23.6 Å². The molecule has 1 aromatic rings. The molecule has 0 spiro atoms. The largest absolute Gasteiger partial charge is 0.494 e. The molecule has 1 heterocycles. The van der Waals surface area contributed by atoms with Crippen LogP contribution in [0.1, 0.15) is 18.7 Å². The molecule has 0 aliphatic carbocycles. The van der Waals surface area contributed by atoms with Gasteiger partial charge in [0.05, 0.1) is 4.88 Å². The third-order valence-electron chi connectivity index (χ3n) is 1.57. The standard InChI is InChI=1S/C7H11NOS2/c1-3-5-6(9)8(4-2)7(10)11-5/h9H,3-4H2,1-2H3. The van der Waals surface area contributed by atoms with Gasteiger partial charge < -0.3 is 5.11 Å². The third-order valence-corrected chi connectivity index (χ3v) is 3.16. The maximum absolute atomic E-state index is 9.52. The van der Waals surface area contributed by atoms with Crippen LogP contribution >= 0.6 is 23.6 Å². The van der Waals surface area contributed by atoms with E-state index in [0.717, 1.165) is 21.8 Å². The molecule has 1 aromatic heterocycles. The van der Waals surface area contributed by atoms with Crippen molar-refractivity contribution in [2.24, 2.45) is 0 Å². The van der Waals surface area contributed by atoms with E-state index in [2.05, 4.69) is 0 Å². The van der Waals surface area contributed by atoms with E-state index < -0.39 is 0 Å². The Hall–Kier alpha value is -0.350. The molecule has 0 aliphatic heterocycles. The average Bonchev–Trinajstić information content (AvgIpc) is 2.26. The summed E-state index contributed by atoms with van der Waals surface area (Å²) >= 11 is 6.54. The number of nitrogens with zero attached hydrogens (tertiary/aromatic N) is 1. The first-order valence-electron chi connectivity index (χ1n) is 3.62. The van der Waals surface area contributed by atoms with Gasteiger partial charge in [-0.25, -0.2) is 0 Å². The summed E-state index contributed by atoms with van der Waals surface area (Å²) in [6.07, 6.45) is 0.854. The summed E-state index contributed by atoms with van der Waals surface area (Å²) in [5.41, 5.74) is 0. The Balaban J connectivity index is 3.25. The van der Waals surface area contributed by atoms with E-state index >= 15 is 0 Å². The van der Waals surface area contributed by atoms with Crippen LogP contribution < -0.4 is 0 Å². The lowest BCUT2D eigenvalue weighted by Gasteiger charge is -1.98. The minimum Gasteiger partial charge on any atom is -0.494 e. The number of aromatic nitrogens is 1. The van der Waals surface area contributed by atoms with Crippen LogP contribution in [0.15, 0.2) is 0 Å². The summed E-state index contributed by atoms with van der Waals surface area (Å²) in [7, 11) is 0. The predicted molar refractivity (Wildman–Crippen MR) is 49.9 cm³/mol. The molecule has 0 saturated heterocycles. The Labute approximate surface area is 75.1 Å². The molecule has 11 heavy (non-hydrogen) atoms. The van der Waals surface area contributed by atoms with Gasteiger partial charge in [-0.3, -0.25) is 4.57 Å². The molecule has 0 atom stereocenters. The highest BCUT2D eigenvalue weighted by molar-refractivity contribution is 7.73. The molecule has 4 heteroatoms. The van der Waals surface area contributed by atoms with Crippen molar-refractivity contribution in [2.75, 3.05) is 0 Å². The van der Waals surface area contributed by atoms with Gasteiger partial charge in [0.1, 0.15) is 0 Å². The summed E-state index contributed by atoms with van der Waals surface area (Å²) < 4.78 is 2.51. The maximum Gasteiger partial charge on any atom is 0.206 e. The van der Waals surface area contributed by atoms with E-state index in [1.165, 1.54) is 11.3 Å². The Morgan fingerprint density at radius 1 is 1.55 bits per heavy atom. The molecule has 1 N–H and O–H groups in total. The fourth-order valence-corrected chi connectivity index (χ4v) is 2.35. The molecule has 1 rings (SSSR count). The average molecular weight is 189 g/mol. The highest BCUT2D eigenvalue weighted by Crippen LogP contribution is 2.25. The topological polar surface area (TPSA) is 25.2 Å². The first-order valence-corrected chi connectivity index (χ1v) is 4.84. The van der Waals surface area contributed by atoms with Gasteiger partial charge in [-0.2, -0.15) is 0 Å². The number of aryl methyl sites for hydroxylation is 1. The Morgan fingerprint density at radius 2 is 2.18 bits per heavy atom. The molecule has 0 saturated carbocycles. The zero-order valence-electron chi connectivity index (χ0n) is 6.63. The number of aromatic hydroxyl groups is 1. The minimum absolute atomic E-state index is 0.352. The second kappa shape index (κ2) is 3.36. The van der Waals surface area contributed by atoms with Gasteiger partial charge in [0, 0.05) is 6.54 Å². The number of hydrogen-bond acceptors (Lipinski definition) is 3. The van der Waals surface area contributed by atoms with Crippen molar-refractivity contribution < 1.29 is 5.11 Å². The SMILES string of the molecule is CCc1sc(=S)n(CC)c1O. The van der Waals surface area contributed by atoms with E-state index in [1.807, 2.05) is 13.8 Å². The number of thiazole rings is 1. The van der Waals surface area contributed by atoms with Gasteiger partial charge in [-0.15, -0.1) is 11.3 Å². The van der Waals surface area contributed by atoms with Crippen LogP contribution in [0.2, 0.25) is 0 Å². The van der Waals surface area contributed by atoms with E-state index in [-0.39, 0.29) is 0 Å². The second-order valence-electron chi connectivity index (χ2n) is 2.21. The van der Waals surface area contributed by atoms with Crippen LogP contribution in [0.5, 0.6) is 5.88 Å². The highest BCUT2D eigenvalue weighted by Gasteiger charge is 2.07. The number of rotatable bonds is 2. The lowest BCUT2D eigenvalue weighted by atomic mass is 10.4. The van der Waals surface area contributed by atoms with Crippen LogP contribution in [0.3, 0.4) is 0 Å². The van der Waals surface area contributed by atoms with Gasteiger partial charge in [-0.05, 0) is 25.6 Å². The van der Waals surface area contributed by atoms with Crippen molar-refractivity contribution in [1.29, 1.82) is 0 Å². The van der Waals surface area contributed by atoms with Gasteiger partial charge >= 0.3 is 0 Å². The summed E-state index contributed by atoms with van der Waals surface area (Å²) in [6.45, 7) is 4.74. The fraction of sp³-hybridized carbons (Fsp3) is 0.571. The molecule has 0 fully saturated rings. The molecule has 0 amide bonds. The molecule has 0 aromatic carbocycles. The summed E-state index contributed by atoms with van der Waals surface area (Å²) in [5, 5.41) is 9.52. The maximum atomic E-state index is 9.52. The van der Waals surface area contributed by atoms with Crippen LogP contribution in [0, 0.1) is 3.95 Å². The summed E-state index contributed by atoms with van der Waals surface area (Å²) in [4.78, 5) is 0.983. The van der Waals surface area contributed by atoms with Crippen molar-refractivity contribution in [3.8, 4) is 5.88 Å². The lowest BCUT2D eigenvalue weighted by Crippen LogP contribution is -1.92. The Bertz CT molecular complexity index is 300. The van der Waals surface area contributed by atoms with Gasteiger partial charge in [-0.1, -0.05) is 6.92 Å². The van der Waals surface area contributed by atoms with Crippen molar-refractivity contribution in [3.63, 3.8) is 0 Å². The van der Waals surface area contributed by atoms with Crippen molar-refractivity contribution in [2.45, 2.75) is 26.8 Å².